The molecule has 6 heteroatoms. The zero-order valence-electron chi connectivity index (χ0n) is 8.78. The molecule has 3 nitrogen and oxygen atoms in total. The summed E-state index contributed by atoms with van der Waals surface area (Å²) in [6.45, 7) is -0.320. The van der Waals surface area contributed by atoms with E-state index in [4.69, 9.17) is 15.2 Å². The highest BCUT2D eigenvalue weighted by Crippen LogP contribution is 2.28. The summed E-state index contributed by atoms with van der Waals surface area (Å²) in [6, 6.07) is 5.00. The molecule has 16 heavy (non-hydrogen) atoms. The lowest BCUT2D eigenvalue weighted by molar-refractivity contribution is 0.0804. The molecule has 0 saturated carbocycles. The lowest BCUT2D eigenvalue weighted by atomic mass is 10.2. The normalized spacial score (nSPS) is 9.81. The Hall–Kier alpha value is -1.07. The predicted molar refractivity (Wildman–Crippen MR) is 59.6 cm³/mol. The smallest absolute Gasteiger partial charge is 0.272 e. The molecule has 0 saturated heterocycles. The van der Waals surface area contributed by atoms with E-state index in [0.29, 0.717) is 18.0 Å². The zero-order valence-corrected chi connectivity index (χ0v) is 9.60. The molecule has 1 rings (SSSR count). The molecule has 2 N–H and O–H groups in total. The van der Waals surface area contributed by atoms with Gasteiger partial charge in [-0.25, -0.2) is 8.78 Å². The van der Waals surface area contributed by atoms with Gasteiger partial charge in [-0.1, -0.05) is 6.07 Å². The number of hydrogen-bond donors (Lipinski definition) is 1. The lowest BCUT2D eigenvalue weighted by Crippen LogP contribution is -2.08. The van der Waals surface area contributed by atoms with Gasteiger partial charge in [0.25, 0.3) is 6.43 Å². The first-order valence-corrected chi connectivity index (χ1v) is 4.45. The van der Waals surface area contributed by atoms with Crippen molar-refractivity contribution in [1.29, 1.82) is 0 Å². The van der Waals surface area contributed by atoms with Crippen molar-refractivity contribution in [3.05, 3.63) is 23.8 Å². The van der Waals surface area contributed by atoms with Gasteiger partial charge in [-0.05, 0) is 17.7 Å². The number of alkyl halides is 2. The van der Waals surface area contributed by atoms with Gasteiger partial charge >= 0.3 is 0 Å². The largest absolute Gasteiger partial charge is 0.493 e. The first-order valence-electron chi connectivity index (χ1n) is 4.45. The molecule has 0 fully saturated rings. The van der Waals surface area contributed by atoms with Crippen LogP contribution in [0.3, 0.4) is 0 Å². The standard InChI is InChI=1S/C10H13F2NO2.ClH/c1-14-8-3-2-7(5-13)4-9(8)15-6-10(11)12;/h2-4,10H,5-6,13H2,1H3;1H. The van der Waals surface area contributed by atoms with E-state index < -0.39 is 13.0 Å². The van der Waals surface area contributed by atoms with Crippen molar-refractivity contribution in [2.75, 3.05) is 13.7 Å². The topological polar surface area (TPSA) is 44.5 Å². The Labute approximate surface area is 98.9 Å². The number of rotatable bonds is 5. The van der Waals surface area contributed by atoms with Crippen molar-refractivity contribution in [2.45, 2.75) is 13.0 Å². The molecule has 0 radical (unpaired) electrons. The first kappa shape index (κ1) is 14.9. The number of nitrogens with two attached hydrogens (primary N) is 1. The van der Waals surface area contributed by atoms with Gasteiger partial charge < -0.3 is 15.2 Å². The van der Waals surface area contributed by atoms with Crippen LogP contribution in [-0.2, 0) is 6.54 Å². The number of methoxy groups -OCH3 is 1. The van der Waals surface area contributed by atoms with Crippen molar-refractivity contribution in [1.82, 2.24) is 0 Å². The van der Waals surface area contributed by atoms with E-state index in [1.165, 1.54) is 7.11 Å². The third-order valence-electron chi connectivity index (χ3n) is 1.83. The van der Waals surface area contributed by atoms with Crippen molar-refractivity contribution < 1.29 is 18.3 Å². The Kier molecular flexibility index (Phi) is 6.76. The summed E-state index contributed by atoms with van der Waals surface area (Å²) >= 11 is 0. The summed E-state index contributed by atoms with van der Waals surface area (Å²) in [5, 5.41) is 0. The maximum atomic E-state index is 11.9. The fraction of sp³-hybridized carbons (Fsp3) is 0.400. The Morgan fingerprint density at radius 3 is 2.50 bits per heavy atom. The van der Waals surface area contributed by atoms with Crippen LogP contribution < -0.4 is 15.2 Å². The molecule has 0 heterocycles. The van der Waals surface area contributed by atoms with E-state index >= 15 is 0 Å². The van der Waals surface area contributed by atoms with E-state index in [9.17, 15) is 8.78 Å². The Morgan fingerprint density at radius 1 is 1.31 bits per heavy atom. The van der Waals surface area contributed by atoms with Gasteiger partial charge in [-0.2, -0.15) is 0 Å². The van der Waals surface area contributed by atoms with Crippen LogP contribution in [0.15, 0.2) is 18.2 Å². The number of benzene rings is 1. The Balaban J connectivity index is 0.00000225. The van der Waals surface area contributed by atoms with Crippen molar-refractivity contribution in [3.8, 4) is 11.5 Å². The summed E-state index contributed by atoms with van der Waals surface area (Å²) in [5.74, 6) is 0.716. The van der Waals surface area contributed by atoms with Crippen LogP contribution in [0, 0.1) is 0 Å². The average Bonchev–Trinajstić information content (AvgIpc) is 2.25. The van der Waals surface area contributed by atoms with Gasteiger partial charge in [-0.3, -0.25) is 0 Å². The maximum absolute atomic E-state index is 11.9. The zero-order chi connectivity index (χ0) is 11.3. The van der Waals surface area contributed by atoms with E-state index in [0.717, 1.165) is 5.56 Å². The minimum absolute atomic E-state index is 0. The second-order valence-electron chi connectivity index (χ2n) is 2.89. The van der Waals surface area contributed by atoms with Crippen LogP contribution in [0.1, 0.15) is 5.56 Å². The lowest BCUT2D eigenvalue weighted by Gasteiger charge is -2.11. The maximum Gasteiger partial charge on any atom is 0.272 e. The fourth-order valence-electron chi connectivity index (χ4n) is 1.11. The Morgan fingerprint density at radius 2 is 2.00 bits per heavy atom. The van der Waals surface area contributed by atoms with E-state index in [1.54, 1.807) is 18.2 Å². The van der Waals surface area contributed by atoms with Gasteiger partial charge in [0, 0.05) is 6.54 Å². The van der Waals surface area contributed by atoms with Gasteiger partial charge in [0.15, 0.2) is 11.5 Å². The summed E-state index contributed by atoms with van der Waals surface area (Å²) in [4.78, 5) is 0. The Bertz CT molecular complexity index is 324. The van der Waals surface area contributed by atoms with Crippen molar-refractivity contribution in [2.24, 2.45) is 5.73 Å². The van der Waals surface area contributed by atoms with Crippen LogP contribution in [0.2, 0.25) is 0 Å². The number of hydrogen-bond acceptors (Lipinski definition) is 3. The van der Waals surface area contributed by atoms with E-state index in [-0.39, 0.29) is 12.4 Å². The SMILES string of the molecule is COc1ccc(CN)cc1OCC(F)F.Cl. The number of halogens is 3. The summed E-state index contributed by atoms with van der Waals surface area (Å²) in [5.41, 5.74) is 6.23. The van der Waals surface area contributed by atoms with Gasteiger partial charge in [0.1, 0.15) is 6.61 Å². The van der Waals surface area contributed by atoms with Crippen LogP contribution in [0.5, 0.6) is 11.5 Å². The molecular formula is C10H14ClF2NO2. The van der Waals surface area contributed by atoms with E-state index in [1.807, 2.05) is 0 Å². The van der Waals surface area contributed by atoms with Crippen molar-refractivity contribution in [3.63, 3.8) is 0 Å². The van der Waals surface area contributed by atoms with E-state index in [2.05, 4.69) is 0 Å². The molecule has 0 bridgehead atoms. The highest BCUT2D eigenvalue weighted by Gasteiger charge is 2.08. The monoisotopic (exact) mass is 253 g/mol. The molecular weight excluding hydrogens is 240 g/mol. The molecule has 0 aromatic heterocycles. The molecule has 0 atom stereocenters. The summed E-state index contributed by atoms with van der Waals surface area (Å²) in [7, 11) is 1.45. The second kappa shape index (κ2) is 7.24. The summed E-state index contributed by atoms with van der Waals surface area (Å²) in [6.07, 6.45) is -2.50. The molecule has 0 unspecified atom stereocenters. The summed E-state index contributed by atoms with van der Waals surface area (Å²) < 4.78 is 33.8. The average molecular weight is 254 g/mol. The molecule has 92 valence electrons. The minimum Gasteiger partial charge on any atom is -0.493 e. The molecule has 0 amide bonds. The highest BCUT2D eigenvalue weighted by atomic mass is 35.5. The van der Waals surface area contributed by atoms with Crippen LogP contribution in [0.4, 0.5) is 8.78 Å². The molecule has 1 aromatic rings. The third-order valence-corrected chi connectivity index (χ3v) is 1.83. The molecule has 0 aliphatic rings. The first-order chi connectivity index (χ1) is 7.17. The fourth-order valence-corrected chi connectivity index (χ4v) is 1.11. The second-order valence-corrected chi connectivity index (χ2v) is 2.89. The molecule has 0 aliphatic heterocycles. The minimum atomic E-state index is -2.50. The van der Waals surface area contributed by atoms with Crippen LogP contribution in [0.25, 0.3) is 0 Å². The third kappa shape index (κ3) is 4.20. The predicted octanol–water partition coefficient (Wildman–Crippen LogP) is 2.22. The van der Waals surface area contributed by atoms with Gasteiger partial charge in [-0.15, -0.1) is 12.4 Å². The van der Waals surface area contributed by atoms with Crippen LogP contribution >= 0.6 is 12.4 Å². The number of ether oxygens (including phenoxy) is 2. The molecule has 0 aliphatic carbocycles. The van der Waals surface area contributed by atoms with Crippen molar-refractivity contribution >= 4 is 12.4 Å². The molecule has 1 aromatic carbocycles. The molecule has 0 spiro atoms. The highest BCUT2D eigenvalue weighted by molar-refractivity contribution is 5.85. The van der Waals surface area contributed by atoms with Gasteiger partial charge in [0.05, 0.1) is 7.11 Å². The quantitative estimate of drug-likeness (QED) is 0.875. The van der Waals surface area contributed by atoms with Crippen LogP contribution in [-0.4, -0.2) is 20.1 Å². The van der Waals surface area contributed by atoms with Gasteiger partial charge in [0.2, 0.25) is 0 Å².